The molecule has 0 heterocycles. The fourth-order valence-electron chi connectivity index (χ4n) is 1.63. The van der Waals surface area contributed by atoms with Gasteiger partial charge in [-0.25, -0.2) is 0 Å². The van der Waals surface area contributed by atoms with E-state index in [1.54, 1.807) is 0 Å². The van der Waals surface area contributed by atoms with Crippen LogP contribution in [0, 0.1) is 16.7 Å². The number of aliphatic carboxylic acids is 1. The Morgan fingerprint density at radius 1 is 1.13 bits per heavy atom. The van der Waals surface area contributed by atoms with Gasteiger partial charge in [-0.15, -0.1) is 0 Å². The van der Waals surface area contributed by atoms with Gasteiger partial charge < -0.3 is 5.11 Å². The van der Waals surface area contributed by atoms with Crippen LogP contribution in [0.25, 0.3) is 0 Å². The minimum absolute atomic E-state index is 0.190. The van der Waals surface area contributed by atoms with Crippen LogP contribution in [0.4, 0.5) is 0 Å². The Labute approximate surface area is 94.1 Å². The summed E-state index contributed by atoms with van der Waals surface area (Å²) in [6.07, 6.45) is 2.85. The summed E-state index contributed by atoms with van der Waals surface area (Å²) in [6.45, 7) is 12.4. The summed E-state index contributed by atoms with van der Waals surface area (Å²) in [7, 11) is 0. The van der Waals surface area contributed by atoms with Gasteiger partial charge in [0.15, 0.2) is 0 Å². The Bertz CT molecular complexity index is 213. The third kappa shape index (κ3) is 4.67. The summed E-state index contributed by atoms with van der Waals surface area (Å²) in [6, 6.07) is 0. The largest absolute Gasteiger partial charge is 0.481 e. The van der Waals surface area contributed by atoms with Gasteiger partial charge in [-0.1, -0.05) is 41.0 Å². The fourth-order valence-corrected chi connectivity index (χ4v) is 1.63. The van der Waals surface area contributed by atoms with E-state index in [1.807, 2.05) is 20.8 Å². The number of hydrogen-bond donors (Lipinski definition) is 1. The smallest absolute Gasteiger partial charge is 0.309 e. The summed E-state index contributed by atoms with van der Waals surface area (Å²) in [5.74, 6) is -0.471. The molecule has 90 valence electrons. The van der Waals surface area contributed by atoms with Crippen molar-refractivity contribution in [1.29, 1.82) is 0 Å². The van der Waals surface area contributed by atoms with E-state index in [9.17, 15) is 9.90 Å². The highest BCUT2D eigenvalue weighted by Crippen LogP contribution is 2.35. The highest BCUT2D eigenvalue weighted by Gasteiger charge is 2.36. The Kier molecular flexibility index (Phi) is 4.82. The molecule has 0 amide bonds. The van der Waals surface area contributed by atoms with Crippen molar-refractivity contribution in [3.63, 3.8) is 0 Å². The molecule has 0 saturated carbocycles. The third-order valence-corrected chi connectivity index (χ3v) is 3.39. The Balaban J connectivity index is 4.28. The average Bonchev–Trinajstić information content (AvgIpc) is 2.00. The van der Waals surface area contributed by atoms with Gasteiger partial charge in [0.2, 0.25) is 0 Å². The molecule has 1 unspecified atom stereocenters. The Hall–Kier alpha value is -0.530. The average molecular weight is 214 g/mol. The molecular weight excluding hydrogens is 188 g/mol. The minimum Gasteiger partial charge on any atom is -0.481 e. The highest BCUT2D eigenvalue weighted by molar-refractivity contribution is 5.74. The summed E-state index contributed by atoms with van der Waals surface area (Å²) < 4.78 is 0. The molecule has 1 atom stereocenters. The van der Waals surface area contributed by atoms with E-state index in [0.717, 1.165) is 19.3 Å². The lowest BCUT2D eigenvalue weighted by atomic mass is 9.74. The van der Waals surface area contributed by atoms with Gasteiger partial charge in [-0.3, -0.25) is 4.79 Å². The van der Waals surface area contributed by atoms with E-state index < -0.39 is 11.4 Å². The number of hydrogen-bond acceptors (Lipinski definition) is 1. The minimum atomic E-state index is -0.661. The molecule has 0 fully saturated rings. The maximum Gasteiger partial charge on any atom is 0.309 e. The van der Waals surface area contributed by atoms with Crippen LogP contribution in [0.2, 0.25) is 0 Å². The van der Waals surface area contributed by atoms with Crippen molar-refractivity contribution in [2.24, 2.45) is 16.7 Å². The lowest BCUT2D eigenvalue weighted by Crippen LogP contribution is -2.33. The summed E-state index contributed by atoms with van der Waals surface area (Å²) in [5.41, 5.74) is -0.262. The fraction of sp³-hybridized carbons (Fsp3) is 0.923. The molecule has 2 heteroatoms. The zero-order valence-corrected chi connectivity index (χ0v) is 11.1. The van der Waals surface area contributed by atoms with Gasteiger partial charge in [-0.05, 0) is 31.1 Å². The third-order valence-electron chi connectivity index (χ3n) is 3.39. The Morgan fingerprint density at radius 2 is 1.60 bits per heavy atom. The first-order chi connectivity index (χ1) is 6.59. The van der Waals surface area contributed by atoms with E-state index in [0.29, 0.717) is 5.41 Å². The second-order valence-corrected chi connectivity index (χ2v) is 6.29. The van der Waals surface area contributed by atoms with Crippen LogP contribution < -0.4 is 0 Å². The van der Waals surface area contributed by atoms with Crippen LogP contribution in [0.3, 0.4) is 0 Å². The molecule has 2 nitrogen and oxygen atoms in total. The van der Waals surface area contributed by atoms with E-state index in [-0.39, 0.29) is 5.92 Å². The molecule has 0 aromatic carbocycles. The monoisotopic (exact) mass is 214 g/mol. The summed E-state index contributed by atoms with van der Waals surface area (Å²) in [5, 5.41) is 9.23. The molecule has 0 bridgehead atoms. The topological polar surface area (TPSA) is 37.3 Å². The van der Waals surface area contributed by atoms with Crippen molar-refractivity contribution in [3.8, 4) is 0 Å². The molecule has 0 saturated heterocycles. The van der Waals surface area contributed by atoms with Crippen LogP contribution in [0.1, 0.15) is 60.8 Å². The quantitative estimate of drug-likeness (QED) is 0.752. The van der Waals surface area contributed by atoms with Crippen LogP contribution in [0.5, 0.6) is 0 Å². The molecule has 0 aliphatic rings. The molecule has 0 aliphatic heterocycles. The van der Waals surface area contributed by atoms with Crippen LogP contribution >= 0.6 is 0 Å². The maximum atomic E-state index is 11.2. The maximum absolute atomic E-state index is 11.2. The normalized spacial score (nSPS) is 16.5. The van der Waals surface area contributed by atoms with Crippen molar-refractivity contribution >= 4 is 5.97 Å². The van der Waals surface area contributed by atoms with Gasteiger partial charge in [0.05, 0.1) is 5.41 Å². The lowest BCUT2D eigenvalue weighted by molar-refractivity contribution is -0.151. The van der Waals surface area contributed by atoms with Gasteiger partial charge >= 0.3 is 5.97 Å². The van der Waals surface area contributed by atoms with Crippen LogP contribution in [-0.4, -0.2) is 11.1 Å². The second-order valence-electron chi connectivity index (χ2n) is 6.29. The first-order valence-electron chi connectivity index (χ1n) is 5.83. The molecule has 0 rings (SSSR count). The molecule has 0 radical (unpaired) electrons. The summed E-state index contributed by atoms with van der Waals surface area (Å²) >= 11 is 0. The highest BCUT2D eigenvalue weighted by atomic mass is 16.4. The standard InChI is InChI=1S/C13H26O2/c1-10(2)13(6,11(14)15)9-7-8-12(3,4)5/h10H,7-9H2,1-6H3,(H,14,15). The first kappa shape index (κ1) is 14.5. The molecular formula is C13H26O2. The zero-order chi connectivity index (χ0) is 12.3. The van der Waals surface area contributed by atoms with Gasteiger partial charge in [-0.2, -0.15) is 0 Å². The number of carbonyl (C=O) groups is 1. The lowest BCUT2D eigenvalue weighted by Gasteiger charge is -2.30. The second kappa shape index (κ2) is 5.00. The van der Waals surface area contributed by atoms with Crippen molar-refractivity contribution in [2.75, 3.05) is 0 Å². The number of rotatable bonds is 5. The Morgan fingerprint density at radius 3 is 1.87 bits per heavy atom. The number of carboxylic acids is 1. The predicted molar refractivity (Wildman–Crippen MR) is 63.9 cm³/mol. The summed E-state index contributed by atoms with van der Waals surface area (Å²) in [4.78, 5) is 11.2. The number of carboxylic acid groups (broad SMARTS) is 1. The molecule has 0 aromatic heterocycles. The van der Waals surface area contributed by atoms with Crippen molar-refractivity contribution in [1.82, 2.24) is 0 Å². The molecule has 0 spiro atoms. The van der Waals surface area contributed by atoms with E-state index in [2.05, 4.69) is 20.8 Å². The van der Waals surface area contributed by atoms with E-state index in [1.165, 1.54) is 0 Å². The zero-order valence-electron chi connectivity index (χ0n) is 11.1. The molecule has 1 N–H and O–H groups in total. The van der Waals surface area contributed by atoms with Crippen LogP contribution in [-0.2, 0) is 4.79 Å². The van der Waals surface area contributed by atoms with Crippen LogP contribution in [0.15, 0.2) is 0 Å². The van der Waals surface area contributed by atoms with E-state index in [4.69, 9.17) is 0 Å². The van der Waals surface area contributed by atoms with Crippen molar-refractivity contribution in [2.45, 2.75) is 60.8 Å². The van der Waals surface area contributed by atoms with Crippen molar-refractivity contribution < 1.29 is 9.90 Å². The van der Waals surface area contributed by atoms with Gasteiger partial charge in [0, 0.05) is 0 Å². The molecule has 15 heavy (non-hydrogen) atoms. The predicted octanol–water partition coefficient (Wildman–Crippen LogP) is 3.95. The first-order valence-corrected chi connectivity index (χ1v) is 5.83. The van der Waals surface area contributed by atoms with Gasteiger partial charge in [0.1, 0.15) is 0 Å². The van der Waals surface area contributed by atoms with Gasteiger partial charge in [0.25, 0.3) is 0 Å². The van der Waals surface area contributed by atoms with E-state index >= 15 is 0 Å². The molecule has 0 aliphatic carbocycles. The van der Waals surface area contributed by atoms with Crippen molar-refractivity contribution in [3.05, 3.63) is 0 Å². The SMILES string of the molecule is CC(C)C(C)(CCCC(C)(C)C)C(=O)O. The molecule has 0 aromatic rings.